The molecule has 0 spiro atoms. The van der Waals surface area contributed by atoms with Crippen molar-refractivity contribution in [1.29, 1.82) is 0 Å². The van der Waals surface area contributed by atoms with Gasteiger partial charge in [0.15, 0.2) is 0 Å². The van der Waals surface area contributed by atoms with E-state index in [1.165, 1.54) is 19.3 Å². The summed E-state index contributed by atoms with van der Waals surface area (Å²) in [5.74, 6) is -0.356. The number of rotatable bonds is 3. The van der Waals surface area contributed by atoms with E-state index >= 15 is 0 Å². The summed E-state index contributed by atoms with van der Waals surface area (Å²) in [5.41, 5.74) is 0. The van der Waals surface area contributed by atoms with Crippen molar-refractivity contribution < 1.29 is 9.90 Å². The second-order valence-electron chi connectivity index (χ2n) is 3.50. The van der Waals surface area contributed by atoms with Crippen LogP contribution in [-0.4, -0.2) is 24.2 Å². The summed E-state index contributed by atoms with van der Waals surface area (Å²) in [6.07, 6.45) is 5.79. The van der Waals surface area contributed by atoms with Gasteiger partial charge in [0.25, 0.3) is 0 Å². The molecule has 0 radical (unpaired) electrons. The normalized spacial score (nSPS) is 22.1. The molecule has 1 aliphatic carbocycles. The first-order valence-corrected chi connectivity index (χ1v) is 4.65. The summed E-state index contributed by atoms with van der Waals surface area (Å²) >= 11 is 0. The fourth-order valence-corrected chi connectivity index (χ4v) is 2.03. The Labute approximate surface area is 73.2 Å². The van der Waals surface area contributed by atoms with E-state index in [9.17, 15) is 4.79 Å². The summed E-state index contributed by atoms with van der Waals surface area (Å²) in [7, 11) is 1.73. The van der Waals surface area contributed by atoms with E-state index in [0.29, 0.717) is 5.92 Å². The maximum atomic E-state index is 10.8. The predicted molar refractivity (Wildman–Crippen MR) is 47.1 cm³/mol. The third kappa shape index (κ3) is 2.21. The number of carboxylic acid groups (broad SMARTS) is 1. The molecule has 0 aromatic carbocycles. The van der Waals surface area contributed by atoms with Crippen molar-refractivity contribution in [1.82, 2.24) is 5.32 Å². The van der Waals surface area contributed by atoms with Crippen LogP contribution in [0.3, 0.4) is 0 Å². The van der Waals surface area contributed by atoms with Crippen LogP contribution >= 0.6 is 0 Å². The third-order valence-corrected chi connectivity index (χ3v) is 2.70. The Bertz CT molecular complexity index is 153. The highest BCUT2D eigenvalue weighted by molar-refractivity contribution is 5.73. The van der Waals surface area contributed by atoms with E-state index in [1.54, 1.807) is 7.05 Å². The van der Waals surface area contributed by atoms with Gasteiger partial charge in [-0.3, -0.25) is 4.79 Å². The molecule has 1 fully saturated rings. The van der Waals surface area contributed by atoms with Gasteiger partial charge in [-0.2, -0.15) is 0 Å². The molecule has 0 heterocycles. The summed E-state index contributed by atoms with van der Waals surface area (Å²) in [5, 5.41) is 11.7. The van der Waals surface area contributed by atoms with E-state index in [0.717, 1.165) is 12.8 Å². The van der Waals surface area contributed by atoms with Crippen molar-refractivity contribution in [3.8, 4) is 0 Å². The standard InChI is InChI=1S/C9H17NO2/c1-10-8(9(11)12)7-5-3-2-4-6-7/h7-8,10H,2-6H2,1H3,(H,11,12)/t8-/m1/s1. The molecule has 0 unspecified atom stereocenters. The first-order chi connectivity index (χ1) is 5.75. The average molecular weight is 171 g/mol. The minimum Gasteiger partial charge on any atom is -0.480 e. The number of carboxylic acids is 1. The first-order valence-electron chi connectivity index (χ1n) is 4.65. The molecule has 0 aliphatic heterocycles. The van der Waals surface area contributed by atoms with Crippen molar-refractivity contribution in [2.24, 2.45) is 5.92 Å². The molecule has 1 saturated carbocycles. The molecule has 0 bridgehead atoms. The van der Waals surface area contributed by atoms with Gasteiger partial charge in [0.1, 0.15) is 6.04 Å². The van der Waals surface area contributed by atoms with Crippen LogP contribution in [-0.2, 0) is 4.79 Å². The minimum absolute atomic E-state index is 0.328. The molecule has 0 aromatic rings. The lowest BCUT2D eigenvalue weighted by molar-refractivity contribution is -0.141. The van der Waals surface area contributed by atoms with Crippen molar-refractivity contribution >= 4 is 5.97 Å². The summed E-state index contributed by atoms with van der Waals surface area (Å²) in [6, 6.07) is -0.328. The molecule has 70 valence electrons. The van der Waals surface area contributed by atoms with Crippen LogP contribution in [0, 0.1) is 5.92 Å². The zero-order chi connectivity index (χ0) is 8.97. The van der Waals surface area contributed by atoms with Crippen LogP contribution in [0.4, 0.5) is 0 Å². The lowest BCUT2D eigenvalue weighted by Crippen LogP contribution is -2.41. The zero-order valence-electron chi connectivity index (χ0n) is 7.55. The molecule has 2 N–H and O–H groups in total. The Hall–Kier alpha value is -0.570. The van der Waals surface area contributed by atoms with E-state index in [4.69, 9.17) is 5.11 Å². The molecule has 3 heteroatoms. The van der Waals surface area contributed by atoms with Gasteiger partial charge in [-0.25, -0.2) is 0 Å². The fourth-order valence-electron chi connectivity index (χ4n) is 2.03. The Morgan fingerprint density at radius 2 is 2.00 bits per heavy atom. The largest absolute Gasteiger partial charge is 0.480 e. The molecule has 0 saturated heterocycles. The highest BCUT2D eigenvalue weighted by atomic mass is 16.4. The van der Waals surface area contributed by atoms with Crippen molar-refractivity contribution in [3.63, 3.8) is 0 Å². The zero-order valence-corrected chi connectivity index (χ0v) is 7.55. The van der Waals surface area contributed by atoms with Gasteiger partial charge < -0.3 is 10.4 Å². The third-order valence-electron chi connectivity index (χ3n) is 2.70. The predicted octanol–water partition coefficient (Wildman–Crippen LogP) is 1.24. The van der Waals surface area contributed by atoms with Gasteiger partial charge in [-0.1, -0.05) is 19.3 Å². The minimum atomic E-state index is -0.704. The Morgan fingerprint density at radius 3 is 2.42 bits per heavy atom. The second kappa shape index (κ2) is 4.45. The van der Waals surface area contributed by atoms with Crippen LogP contribution < -0.4 is 5.32 Å². The molecule has 0 aromatic heterocycles. The van der Waals surface area contributed by atoms with Crippen LogP contribution in [0.15, 0.2) is 0 Å². The van der Waals surface area contributed by atoms with Crippen molar-refractivity contribution in [3.05, 3.63) is 0 Å². The van der Waals surface area contributed by atoms with E-state index < -0.39 is 5.97 Å². The Balaban J connectivity index is 2.46. The average Bonchev–Trinajstić information content (AvgIpc) is 2.07. The number of likely N-dealkylation sites (N-methyl/N-ethyl adjacent to an activating group) is 1. The number of nitrogens with one attached hydrogen (secondary N) is 1. The maximum absolute atomic E-state index is 10.8. The lowest BCUT2D eigenvalue weighted by Gasteiger charge is -2.26. The maximum Gasteiger partial charge on any atom is 0.320 e. The topological polar surface area (TPSA) is 49.3 Å². The summed E-state index contributed by atoms with van der Waals surface area (Å²) < 4.78 is 0. The number of hydrogen-bond donors (Lipinski definition) is 2. The Morgan fingerprint density at radius 1 is 1.42 bits per heavy atom. The van der Waals surface area contributed by atoms with Gasteiger partial charge in [-0.15, -0.1) is 0 Å². The quantitative estimate of drug-likeness (QED) is 0.671. The smallest absolute Gasteiger partial charge is 0.320 e. The number of aliphatic carboxylic acids is 1. The molecule has 1 atom stereocenters. The number of carbonyl (C=O) groups is 1. The van der Waals surface area contributed by atoms with E-state index in [-0.39, 0.29) is 6.04 Å². The fraction of sp³-hybridized carbons (Fsp3) is 0.889. The monoisotopic (exact) mass is 171 g/mol. The van der Waals surface area contributed by atoms with Crippen LogP contribution in [0.1, 0.15) is 32.1 Å². The summed E-state index contributed by atoms with van der Waals surface area (Å²) in [4.78, 5) is 10.8. The van der Waals surface area contributed by atoms with Gasteiger partial charge in [-0.05, 0) is 25.8 Å². The van der Waals surface area contributed by atoms with Crippen molar-refractivity contribution in [2.75, 3.05) is 7.05 Å². The highest BCUT2D eigenvalue weighted by Crippen LogP contribution is 2.26. The van der Waals surface area contributed by atoms with E-state index in [1.807, 2.05) is 0 Å². The SMILES string of the molecule is CN[C@@H](C(=O)O)C1CCCCC1. The van der Waals surface area contributed by atoms with Gasteiger partial charge >= 0.3 is 5.97 Å². The molecule has 12 heavy (non-hydrogen) atoms. The highest BCUT2D eigenvalue weighted by Gasteiger charge is 2.27. The first kappa shape index (κ1) is 9.52. The van der Waals surface area contributed by atoms with Crippen LogP contribution in [0.5, 0.6) is 0 Å². The molecule has 1 aliphatic rings. The van der Waals surface area contributed by atoms with Gasteiger partial charge in [0.05, 0.1) is 0 Å². The molecular formula is C9H17NO2. The second-order valence-corrected chi connectivity index (χ2v) is 3.50. The number of hydrogen-bond acceptors (Lipinski definition) is 2. The van der Waals surface area contributed by atoms with Crippen LogP contribution in [0.25, 0.3) is 0 Å². The molecule has 1 rings (SSSR count). The molecule has 3 nitrogen and oxygen atoms in total. The lowest BCUT2D eigenvalue weighted by atomic mass is 9.84. The molecular weight excluding hydrogens is 154 g/mol. The van der Waals surface area contributed by atoms with E-state index in [2.05, 4.69) is 5.32 Å². The molecule has 0 amide bonds. The van der Waals surface area contributed by atoms with Gasteiger partial charge in [0.2, 0.25) is 0 Å². The van der Waals surface area contributed by atoms with Gasteiger partial charge in [0, 0.05) is 0 Å². The van der Waals surface area contributed by atoms with Crippen molar-refractivity contribution in [2.45, 2.75) is 38.1 Å². The Kier molecular flexibility index (Phi) is 3.53. The van der Waals surface area contributed by atoms with Crippen LogP contribution in [0.2, 0.25) is 0 Å². The summed E-state index contributed by atoms with van der Waals surface area (Å²) in [6.45, 7) is 0.